The molecule has 4 N–H and O–H groups in total. The lowest BCUT2D eigenvalue weighted by molar-refractivity contribution is -0.137. The summed E-state index contributed by atoms with van der Waals surface area (Å²) < 4.78 is 0. The van der Waals surface area contributed by atoms with Crippen molar-refractivity contribution in [2.45, 2.75) is 58.4 Å². The van der Waals surface area contributed by atoms with Crippen LogP contribution in [-0.2, 0) is 9.59 Å². The third-order valence-electron chi connectivity index (χ3n) is 2.83. The molecule has 106 valence electrons. The van der Waals surface area contributed by atoms with E-state index in [4.69, 9.17) is 10.8 Å². The predicted molar refractivity (Wildman–Crippen MR) is 71.2 cm³/mol. The summed E-state index contributed by atoms with van der Waals surface area (Å²) in [5, 5.41) is 11.4. The second-order valence-corrected chi connectivity index (χ2v) is 5.51. The molecule has 5 nitrogen and oxygen atoms in total. The lowest BCUT2D eigenvalue weighted by Crippen LogP contribution is -2.39. The van der Waals surface area contributed by atoms with Crippen molar-refractivity contribution in [1.82, 2.24) is 5.32 Å². The summed E-state index contributed by atoms with van der Waals surface area (Å²) in [5.41, 5.74) is 5.26. The number of carboxylic acids is 1. The Morgan fingerprint density at radius 3 is 2.39 bits per heavy atom. The van der Waals surface area contributed by atoms with E-state index in [2.05, 4.69) is 5.32 Å². The molecule has 0 saturated heterocycles. The molecule has 0 aliphatic rings. The first-order valence-corrected chi connectivity index (χ1v) is 6.52. The first-order chi connectivity index (χ1) is 8.24. The number of carbonyl (C=O) groups excluding carboxylic acids is 1. The fourth-order valence-electron chi connectivity index (χ4n) is 1.77. The molecular formula is C13H26N2O3. The molecule has 0 aromatic rings. The highest BCUT2D eigenvalue weighted by atomic mass is 16.4. The van der Waals surface area contributed by atoms with Crippen molar-refractivity contribution < 1.29 is 14.7 Å². The number of hydrogen-bond donors (Lipinski definition) is 3. The SMILES string of the molecule is CCC(CCNC(=O)CC(C)(C)N)CCC(=O)O. The van der Waals surface area contributed by atoms with Crippen molar-refractivity contribution in [1.29, 1.82) is 0 Å². The first kappa shape index (κ1) is 16.9. The minimum Gasteiger partial charge on any atom is -0.481 e. The maximum Gasteiger partial charge on any atom is 0.303 e. The first-order valence-electron chi connectivity index (χ1n) is 6.52. The lowest BCUT2D eigenvalue weighted by atomic mass is 9.96. The molecule has 18 heavy (non-hydrogen) atoms. The molecule has 1 atom stereocenters. The monoisotopic (exact) mass is 258 g/mol. The van der Waals surface area contributed by atoms with Gasteiger partial charge in [-0.05, 0) is 32.6 Å². The van der Waals surface area contributed by atoms with Crippen LogP contribution < -0.4 is 11.1 Å². The molecule has 0 fully saturated rings. The summed E-state index contributed by atoms with van der Waals surface area (Å²) in [6, 6.07) is 0. The second kappa shape index (κ2) is 8.08. The highest BCUT2D eigenvalue weighted by molar-refractivity contribution is 5.77. The van der Waals surface area contributed by atoms with Gasteiger partial charge in [0.2, 0.25) is 5.91 Å². The van der Waals surface area contributed by atoms with Crippen LogP contribution in [0.3, 0.4) is 0 Å². The average molecular weight is 258 g/mol. The summed E-state index contributed by atoms with van der Waals surface area (Å²) in [6.07, 6.45) is 2.93. The number of hydrogen-bond acceptors (Lipinski definition) is 3. The third kappa shape index (κ3) is 10.1. The van der Waals surface area contributed by atoms with Gasteiger partial charge in [0.15, 0.2) is 0 Å². The van der Waals surface area contributed by atoms with Crippen LogP contribution in [0.15, 0.2) is 0 Å². The fourth-order valence-corrected chi connectivity index (χ4v) is 1.77. The summed E-state index contributed by atoms with van der Waals surface area (Å²) in [7, 11) is 0. The van der Waals surface area contributed by atoms with Gasteiger partial charge in [-0.1, -0.05) is 13.3 Å². The molecule has 1 unspecified atom stereocenters. The van der Waals surface area contributed by atoms with Crippen molar-refractivity contribution in [2.24, 2.45) is 11.7 Å². The van der Waals surface area contributed by atoms with Crippen molar-refractivity contribution in [3.63, 3.8) is 0 Å². The van der Waals surface area contributed by atoms with Gasteiger partial charge in [-0.3, -0.25) is 9.59 Å². The number of carboxylic acid groups (broad SMARTS) is 1. The van der Waals surface area contributed by atoms with Crippen molar-refractivity contribution in [3.05, 3.63) is 0 Å². The number of carbonyl (C=O) groups is 2. The van der Waals surface area contributed by atoms with Crippen LogP contribution in [0.4, 0.5) is 0 Å². The number of rotatable bonds is 9. The van der Waals surface area contributed by atoms with Gasteiger partial charge in [0.05, 0.1) is 0 Å². The van der Waals surface area contributed by atoms with Crippen molar-refractivity contribution in [2.75, 3.05) is 6.54 Å². The molecule has 5 heteroatoms. The van der Waals surface area contributed by atoms with Crippen LogP contribution in [0.1, 0.15) is 52.9 Å². The lowest BCUT2D eigenvalue weighted by Gasteiger charge is -2.18. The zero-order chi connectivity index (χ0) is 14.2. The van der Waals surface area contributed by atoms with Crippen LogP contribution in [0, 0.1) is 5.92 Å². The van der Waals surface area contributed by atoms with Gasteiger partial charge in [0, 0.05) is 24.9 Å². The number of nitrogens with one attached hydrogen (secondary N) is 1. The van der Waals surface area contributed by atoms with Gasteiger partial charge in [-0.25, -0.2) is 0 Å². The number of nitrogens with two attached hydrogens (primary N) is 1. The van der Waals surface area contributed by atoms with E-state index in [9.17, 15) is 9.59 Å². The van der Waals surface area contributed by atoms with Crippen LogP contribution in [0.25, 0.3) is 0 Å². The topological polar surface area (TPSA) is 92.4 Å². The van der Waals surface area contributed by atoms with E-state index in [1.165, 1.54) is 0 Å². The van der Waals surface area contributed by atoms with E-state index in [1.807, 2.05) is 20.8 Å². The zero-order valence-corrected chi connectivity index (χ0v) is 11.7. The molecule has 0 spiro atoms. The molecular weight excluding hydrogens is 232 g/mol. The van der Waals surface area contributed by atoms with Crippen LogP contribution >= 0.6 is 0 Å². The van der Waals surface area contributed by atoms with Crippen LogP contribution in [0.2, 0.25) is 0 Å². The maximum absolute atomic E-state index is 11.5. The Labute approximate surface area is 109 Å². The van der Waals surface area contributed by atoms with Crippen molar-refractivity contribution >= 4 is 11.9 Å². The minimum absolute atomic E-state index is 0.0458. The Kier molecular flexibility index (Phi) is 7.59. The Hall–Kier alpha value is -1.10. The van der Waals surface area contributed by atoms with E-state index in [0.717, 1.165) is 12.8 Å². The second-order valence-electron chi connectivity index (χ2n) is 5.51. The molecule has 1 amide bonds. The molecule has 0 aromatic heterocycles. The minimum atomic E-state index is -0.762. The Bertz CT molecular complexity index is 272. The molecule has 0 aliphatic heterocycles. The molecule has 0 bridgehead atoms. The summed E-state index contributed by atoms with van der Waals surface area (Å²) in [5.74, 6) is -0.453. The van der Waals surface area contributed by atoms with Gasteiger partial charge >= 0.3 is 5.97 Å². The predicted octanol–water partition coefficient (Wildman–Crippen LogP) is 1.51. The molecule has 0 heterocycles. The summed E-state index contributed by atoms with van der Waals surface area (Å²) >= 11 is 0. The quantitative estimate of drug-likeness (QED) is 0.584. The molecule has 0 aliphatic carbocycles. The smallest absolute Gasteiger partial charge is 0.303 e. The highest BCUT2D eigenvalue weighted by Crippen LogP contribution is 2.14. The maximum atomic E-state index is 11.5. The zero-order valence-electron chi connectivity index (χ0n) is 11.7. The van der Waals surface area contributed by atoms with Crippen molar-refractivity contribution in [3.8, 4) is 0 Å². The number of amides is 1. The van der Waals surface area contributed by atoms with E-state index in [0.29, 0.717) is 25.3 Å². The fraction of sp³-hybridized carbons (Fsp3) is 0.846. The molecule has 0 saturated carbocycles. The van der Waals surface area contributed by atoms with E-state index >= 15 is 0 Å². The van der Waals surface area contributed by atoms with E-state index < -0.39 is 11.5 Å². The van der Waals surface area contributed by atoms with Gasteiger partial charge < -0.3 is 16.2 Å². The van der Waals surface area contributed by atoms with Crippen LogP contribution in [-0.4, -0.2) is 29.1 Å². The average Bonchev–Trinajstić information content (AvgIpc) is 2.20. The summed E-state index contributed by atoms with van der Waals surface area (Å²) in [6.45, 7) is 6.26. The Morgan fingerprint density at radius 2 is 1.94 bits per heavy atom. The Morgan fingerprint density at radius 1 is 1.33 bits per heavy atom. The number of aliphatic carboxylic acids is 1. The highest BCUT2D eigenvalue weighted by Gasteiger charge is 2.16. The van der Waals surface area contributed by atoms with Gasteiger partial charge in [-0.2, -0.15) is 0 Å². The normalized spacial score (nSPS) is 13.1. The van der Waals surface area contributed by atoms with Crippen LogP contribution in [0.5, 0.6) is 0 Å². The van der Waals surface area contributed by atoms with E-state index in [1.54, 1.807) is 0 Å². The molecule has 0 aromatic carbocycles. The van der Waals surface area contributed by atoms with Gasteiger partial charge in [0.25, 0.3) is 0 Å². The standard InChI is InChI=1S/C13H26N2O3/c1-4-10(5-6-12(17)18)7-8-15-11(16)9-13(2,3)14/h10H,4-9,14H2,1-3H3,(H,15,16)(H,17,18). The van der Waals surface area contributed by atoms with Gasteiger partial charge in [0.1, 0.15) is 0 Å². The largest absolute Gasteiger partial charge is 0.481 e. The molecule has 0 radical (unpaired) electrons. The third-order valence-corrected chi connectivity index (χ3v) is 2.83. The van der Waals surface area contributed by atoms with E-state index in [-0.39, 0.29) is 12.3 Å². The van der Waals surface area contributed by atoms with Gasteiger partial charge in [-0.15, -0.1) is 0 Å². The molecule has 0 rings (SSSR count). The Balaban J connectivity index is 3.80. The summed E-state index contributed by atoms with van der Waals surface area (Å²) in [4.78, 5) is 22.0.